The van der Waals surface area contributed by atoms with E-state index in [1.54, 1.807) is 6.92 Å². The van der Waals surface area contributed by atoms with Gasteiger partial charge in [-0.05, 0) is 44.0 Å². The fourth-order valence-corrected chi connectivity index (χ4v) is 3.46. The number of rotatable bonds is 5. The summed E-state index contributed by atoms with van der Waals surface area (Å²) in [6.07, 6.45) is 1.71. The molecule has 0 unspecified atom stereocenters. The van der Waals surface area contributed by atoms with E-state index in [1.165, 1.54) is 24.3 Å². The molecule has 20 heavy (non-hydrogen) atoms. The molecule has 0 aromatic heterocycles. The van der Waals surface area contributed by atoms with E-state index in [9.17, 15) is 13.2 Å². The van der Waals surface area contributed by atoms with Crippen molar-refractivity contribution in [3.63, 3.8) is 0 Å². The van der Waals surface area contributed by atoms with Gasteiger partial charge in [0.1, 0.15) is 0 Å². The number of carbonyl (C=O) groups is 1. The van der Waals surface area contributed by atoms with E-state index in [4.69, 9.17) is 10.5 Å². The largest absolute Gasteiger partial charge is 0.377 e. The maximum atomic E-state index is 12.2. The highest BCUT2D eigenvalue weighted by Gasteiger charge is 2.26. The molecular formula is C13H18N2O4S. The number of amides is 1. The molecule has 1 aliphatic rings. The molecule has 1 saturated heterocycles. The predicted octanol–water partition coefficient (Wildman–Crippen LogP) is 0.631. The van der Waals surface area contributed by atoms with E-state index in [1.807, 2.05) is 0 Å². The Bertz CT molecular complexity index is 577. The average molecular weight is 298 g/mol. The summed E-state index contributed by atoms with van der Waals surface area (Å²) < 4.78 is 32.4. The molecule has 0 bridgehead atoms. The van der Waals surface area contributed by atoms with Crippen LogP contribution in [0, 0.1) is 0 Å². The van der Waals surface area contributed by atoms with Crippen molar-refractivity contribution in [3.05, 3.63) is 29.8 Å². The highest BCUT2D eigenvalue weighted by Crippen LogP contribution is 2.18. The Morgan fingerprint density at radius 2 is 2.05 bits per heavy atom. The normalized spacial score (nSPS) is 20.8. The first kappa shape index (κ1) is 15.0. The molecule has 2 rings (SSSR count). The lowest BCUT2D eigenvalue weighted by Gasteiger charge is -2.19. The number of primary amides is 1. The molecule has 1 fully saturated rings. The summed E-state index contributed by atoms with van der Waals surface area (Å²) in [4.78, 5) is 11.1. The Hall–Kier alpha value is -1.44. The number of hydrogen-bond acceptors (Lipinski definition) is 4. The van der Waals surface area contributed by atoms with Crippen molar-refractivity contribution in [2.75, 3.05) is 6.61 Å². The topological polar surface area (TPSA) is 98.5 Å². The third-order valence-electron chi connectivity index (χ3n) is 3.31. The first-order valence-corrected chi connectivity index (χ1v) is 7.92. The molecule has 7 heteroatoms. The Labute approximate surface area is 118 Å². The molecular weight excluding hydrogens is 280 g/mol. The average Bonchev–Trinajstić information content (AvgIpc) is 2.92. The van der Waals surface area contributed by atoms with Gasteiger partial charge in [0.2, 0.25) is 15.9 Å². The molecule has 1 heterocycles. The predicted molar refractivity (Wildman–Crippen MR) is 73.7 cm³/mol. The highest BCUT2D eigenvalue weighted by molar-refractivity contribution is 7.89. The van der Waals surface area contributed by atoms with Crippen LogP contribution in [-0.4, -0.2) is 33.1 Å². The quantitative estimate of drug-likeness (QED) is 0.833. The van der Waals surface area contributed by atoms with Gasteiger partial charge < -0.3 is 10.5 Å². The number of nitrogens with two attached hydrogens (primary N) is 1. The number of nitrogens with one attached hydrogen (secondary N) is 1. The standard InChI is InChI=1S/C13H18N2O4S/c1-9(12-3-2-8-19-12)15-20(17,18)11-6-4-10(5-7-11)13(14)16/h4-7,9,12,15H,2-3,8H2,1H3,(H2,14,16)/t9-,12-/m0/s1. The zero-order valence-electron chi connectivity index (χ0n) is 11.2. The SMILES string of the molecule is C[C@H](NS(=O)(=O)c1ccc(C(N)=O)cc1)[C@@H]1CCCO1. The number of ether oxygens (including phenoxy) is 1. The van der Waals surface area contributed by atoms with Crippen LogP contribution in [0.3, 0.4) is 0 Å². The number of benzene rings is 1. The lowest BCUT2D eigenvalue weighted by Crippen LogP contribution is -2.40. The maximum absolute atomic E-state index is 12.2. The summed E-state index contributed by atoms with van der Waals surface area (Å²) in [6, 6.07) is 5.23. The minimum Gasteiger partial charge on any atom is -0.377 e. The second-order valence-corrected chi connectivity index (χ2v) is 6.56. The molecule has 0 aliphatic carbocycles. The van der Waals surface area contributed by atoms with Crippen molar-refractivity contribution >= 4 is 15.9 Å². The van der Waals surface area contributed by atoms with Crippen LogP contribution in [0.2, 0.25) is 0 Å². The molecule has 1 aromatic rings. The molecule has 6 nitrogen and oxygen atoms in total. The summed E-state index contributed by atoms with van der Waals surface area (Å²) in [6.45, 7) is 2.45. The number of sulfonamides is 1. The van der Waals surface area contributed by atoms with Crippen molar-refractivity contribution in [2.45, 2.75) is 36.8 Å². The van der Waals surface area contributed by atoms with Crippen molar-refractivity contribution < 1.29 is 17.9 Å². The maximum Gasteiger partial charge on any atom is 0.248 e. The van der Waals surface area contributed by atoms with Crippen molar-refractivity contribution in [1.82, 2.24) is 4.72 Å². The van der Waals surface area contributed by atoms with Gasteiger partial charge in [0, 0.05) is 18.2 Å². The van der Waals surface area contributed by atoms with E-state index in [2.05, 4.69) is 4.72 Å². The lowest BCUT2D eigenvalue weighted by atomic mass is 10.1. The third kappa shape index (κ3) is 3.36. The summed E-state index contributed by atoms with van der Waals surface area (Å²) in [5.41, 5.74) is 5.39. The number of carbonyl (C=O) groups excluding carboxylic acids is 1. The lowest BCUT2D eigenvalue weighted by molar-refractivity contribution is 0.0902. The van der Waals surface area contributed by atoms with Gasteiger partial charge in [0.15, 0.2) is 0 Å². The van der Waals surface area contributed by atoms with E-state index in [0.29, 0.717) is 6.61 Å². The van der Waals surface area contributed by atoms with E-state index >= 15 is 0 Å². The zero-order valence-corrected chi connectivity index (χ0v) is 12.0. The van der Waals surface area contributed by atoms with Crippen LogP contribution in [0.25, 0.3) is 0 Å². The number of hydrogen-bond donors (Lipinski definition) is 2. The monoisotopic (exact) mass is 298 g/mol. The van der Waals surface area contributed by atoms with Crippen LogP contribution in [0.1, 0.15) is 30.1 Å². The molecule has 3 N–H and O–H groups in total. The first-order chi connectivity index (χ1) is 9.40. The second kappa shape index (κ2) is 5.90. The van der Waals surface area contributed by atoms with Gasteiger partial charge >= 0.3 is 0 Å². The molecule has 1 amide bonds. The Morgan fingerprint density at radius 1 is 1.40 bits per heavy atom. The van der Waals surface area contributed by atoms with Gasteiger partial charge in [0.25, 0.3) is 0 Å². The minimum absolute atomic E-state index is 0.0883. The van der Waals surface area contributed by atoms with E-state index in [0.717, 1.165) is 12.8 Å². The fourth-order valence-electron chi connectivity index (χ4n) is 2.18. The Kier molecular flexibility index (Phi) is 4.42. The molecule has 2 atom stereocenters. The summed E-state index contributed by atoms with van der Waals surface area (Å²) in [7, 11) is -3.62. The minimum atomic E-state index is -3.62. The van der Waals surface area contributed by atoms with Crippen molar-refractivity contribution in [1.29, 1.82) is 0 Å². The molecule has 1 aromatic carbocycles. The molecule has 110 valence electrons. The van der Waals surface area contributed by atoms with E-state index in [-0.39, 0.29) is 22.6 Å². The van der Waals surface area contributed by atoms with Gasteiger partial charge in [-0.15, -0.1) is 0 Å². The van der Waals surface area contributed by atoms with Crippen LogP contribution in [0.4, 0.5) is 0 Å². The van der Waals surface area contributed by atoms with Crippen LogP contribution < -0.4 is 10.5 Å². The van der Waals surface area contributed by atoms with Crippen LogP contribution in [0.15, 0.2) is 29.2 Å². The first-order valence-electron chi connectivity index (χ1n) is 6.44. The van der Waals surface area contributed by atoms with Gasteiger partial charge in [-0.1, -0.05) is 0 Å². The van der Waals surface area contributed by atoms with Crippen LogP contribution in [-0.2, 0) is 14.8 Å². The van der Waals surface area contributed by atoms with E-state index < -0.39 is 15.9 Å². The fraction of sp³-hybridized carbons (Fsp3) is 0.462. The molecule has 1 aliphatic heterocycles. The van der Waals surface area contributed by atoms with Crippen molar-refractivity contribution in [3.8, 4) is 0 Å². The van der Waals surface area contributed by atoms with Gasteiger partial charge in [-0.2, -0.15) is 0 Å². The summed E-state index contributed by atoms with van der Waals surface area (Å²) >= 11 is 0. The van der Waals surface area contributed by atoms with Gasteiger partial charge in [0.05, 0.1) is 11.0 Å². The van der Waals surface area contributed by atoms with Crippen molar-refractivity contribution in [2.24, 2.45) is 5.73 Å². The Morgan fingerprint density at radius 3 is 2.55 bits per heavy atom. The summed E-state index contributed by atoms with van der Waals surface area (Å²) in [5, 5.41) is 0. The third-order valence-corrected chi connectivity index (χ3v) is 4.89. The second-order valence-electron chi connectivity index (χ2n) is 4.85. The molecule has 0 radical (unpaired) electrons. The smallest absolute Gasteiger partial charge is 0.248 e. The van der Waals surface area contributed by atoms with Gasteiger partial charge in [-0.3, -0.25) is 4.79 Å². The highest BCUT2D eigenvalue weighted by atomic mass is 32.2. The molecule has 0 saturated carbocycles. The zero-order chi connectivity index (χ0) is 14.8. The Balaban J connectivity index is 2.11. The van der Waals surface area contributed by atoms with Gasteiger partial charge in [-0.25, -0.2) is 13.1 Å². The van der Waals surface area contributed by atoms with Crippen LogP contribution in [0.5, 0.6) is 0 Å². The van der Waals surface area contributed by atoms with Crippen LogP contribution >= 0.6 is 0 Å². The summed E-state index contributed by atoms with van der Waals surface area (Å²) in [5.74, 6) is -0.588. The molecule has 0 spiro atoms.